The number of anilines is 1. The summed E-state index contributed by atoms with van der Waals surface area (Å²) in [7, 11) is 0. The van der Waals surface area contributed by atoms with Gasteiger partial charge in [-0.25, -0.2) is 18.2 Å². The minimum Gasteiger partial charge on any atom is -0.361 e. The Bertz CT molecular complexity index is 1060. The normalized spacial score (nSPS) is 11.5. The Balaban J connectivity index is 1.56. The number of guanidine groups is 1. The van der Waals surface area contributed by atoms with Crippen LogP contribution in [0.1, 0.15) is 12.5 Å². The fraction of sp³-hybridized carbons (Fsp3) is 0.238. The van der Waals surface area contributed by atoms with E-state index in [4.69, 9.17) is 0 Å². The van der Waals surface area contributed by atoms with Crippen molar-refractivity contribution < 1.29 is 18.0 Å². The predicted molar refractivity (Wildman–Crippen MR) is 111 cm³/mol. The number of fused-ring (bicyclic) bond motifs is 1. The van der Waals surface area contributed by atoms with Gasteiger partial charge in [-0.3, -0.25) is 4.79 Å². The van der Waals surface area contributed by atoms with Gasteiger partial charge in [-0.1, -0.05) is 18.2 Å². The zero-order valence-electron chi connectivity index (χ0n) is 16.4. The first-order chi connectivity index (χ1) is 14.5. The van der Waals surface area contributed by atoms with Crippen molar-refractivity contribution in [1.82, 2.24) is 15.6 Å². The van der Waals surface area contributed by atoms with E-state index in [9.17, 15) is 18.0 Å². The Morgan fingerprint density at radius 2 is 1.87 bits per heavy atom. The molecule has 0 aliphatic rings. The second-order valence-electron chi connectivity index (χ2n) is 6.50. The van der Waals surface area contributed by atoms with E-state index in [-0.39, 0.29) is 6.54 Å². The molecule has 158 valence electrons. The summed E-state index contributed by atoms with van der Waals surface area (Å²) in [5.74, 6) is -4.65. The molecule has 0 radical (unpaired) electrons. The van der Waals surface area contributed by atoms with E-state index in [0.29, 0.717) is 19.0 Å². The number of amides is 1. The molecular formula is C21H22F3N5O. The summed E-state index contributed by atoms with van der Waals surface area (Å²) in [6.45, 7) is 2.72. The Morgan fingerprint density at radius 3 is 2.67 bits per heavy atom. The van der Waals surface area contributed by atoms with Crippen LogP contribution in [0, 0.1) is 17.5 Å². The number of hydrogen-bond donors (Lipinski definition) is 4. The molecule has 0 fully saturated rings. The molecule has 30 heavy (non-hydrogen) atoms. The number of halogens is 3. The van der Waals surface area contributed by atoms with Crippen LogP contribution in [-0.2, 0) is 11.2 Å². The fourth-order valence-corrected chi connectivity index (χ4v) is 2.96. The van der Waals surface area contributed by atoms with Crippen LogP contribution < -0.4 is 16.0 Å². The standard InChI is InChI=1S/C21H22F3N5O/c1-2-25-21(26-10-9-13-11-27-16-6-4-3-5-14(13)16)28-12-18(30)29-17-8-7-15(22)19(23)20(17)24/h3-8,11,27H,2,9-10,12H2,1H3,(H,29,30)(H2,25,26,28). The zero-order chi connectivity index (χ0) is 21.5. The van der Waals surface area contributed by atoms with Gasteiger partial charge in [-0.05, 0) is 37.1 Å². The van der Waals surface area contributed by atoms with Gasteiger partial charge in [0.25, 0.3) is 0 Å². The smallest absolute Gasteiger partial charge is 0.246 e. The summed E-state index contributed by atoms with van der Waals surface area (Å²) >= 11 is 0. The van der Waals surface area contributed by atoms with E-state index >= 15 is 0 Å². The third-order valence-corrected chi connectivity index (χ3v) is 4.40. The van der Waals surface area contributed by atoms with Gasteiger partial charge >= 0.3 is 0 Å². The highest BCUT2D eigenvalue weighted by Crippen LogP contribution is 2.19. The number of rotatable bonds is 7. The first-order valence-corrected chi connectivity index (χ1v) is 9.50. The minimum absolute atomic E-state index is 0.319. The fourth-order valence-electron chi connectivity index (χ4n) is 2.96. The number of carbonyl (C=O) groups is 1. The first kappa shape index (κ1) is 21.2. The number of aromatic amines is 1. The van der Waals surface area contributed by atoms with Gasteiger partial charge in [-0.2, -0.15) is 0 Å². The van der Waals surface area contributed by atoms with E-state index in [2.05, 4.69) is 25.9 Å². The average Bonchev–Trinajstić information content (AvgIpc) is 3.15. The van der Waals surface area contributed by atoms with Crippen LogP contribution in [-0.4, -0.2) is 36.5 Å². The van der Waals surface area contributed by atoms with E-state index in [1.165, 1.54) is 0 Å². The van der Waals surface area contributed by atoms with Crippen molar-refractivity contribution in [3.8, 4) is 0 Å². The highest BCUT2D eigenvalue weighted by atomic mass is 19.2. The second-order valence-corrected chi connectivity index (χ2v) is 6.50. The first-order valence-electron chi connectivity index (χ1n) is 9.50. The maximum absolute atomic E-state index is 13.7. The molecule has 2 aromatic carbocycles. The zero-order valence-corrected chi connectivity index (χ0v) is 16.4. The molecule has 1 amide bonds. The molecule has 3 rings (SSSR count). The lowest BCUT2D eigenvalue weighted by molar-refractivity contribution is -0.114. The summed E-state index contributed by atoms with van der Waals surface area (Å²) in [5, 5.41) is 9.48. The van der Waals surface area contributed by atoms with Gasteiger partial charge in [0, 0.05) is 30.2 Å². The topological polar surface area (TPSA) is 81.3 Å². The van der Waals surface area contributed by atoms with Crippen LogP contribution in [0.2, 0.25) is 0 Å². The average molecular weight is 417 g/mol. The van der Waals surface area contributed by atoms with Crippen molar-refractivity contribution >= 4 is 28.5 Å². The number of hydrogen-bond acceptors (Lipinski definition) is 2. The largest absolute Gasteiger partial charge is 0.361 e. The highest BCUT2D eigenvalue weighted by Gasteiger charge is 2.15. The van der Waals surface area contributed by atoms with Gasteiger partial charge in [0.2, 0.25) is 5.91 Å². The Hall–Kier alpha value is -3.49. The van der Waals surface area contributed by atoms with Crippen LogP contribution in [0.5, 0.6) is 0 Å². The van der Waals surface area contributed by atoms with Crippen LogP contribution in [0.25, 0.3) is 10.9 Å². The number of H-pyrrole nitrogens is 1. The van der Waals surface area contributed by atoms with Crippen molar-refractivity contribution in [3.63, 3.8) is 0 Å². The molecule has 6 nitrogen and oxygen atoms in total. The molecule has 0 aliphatic carbocycles. The van der Waals surface area contributed by atoms with Gasteiger partial charge in [-0.15, -0.1) is 0 Å². The Labute approximate surface area is 171 Å². The molecule has 1 aromatic heterocycles. The van der Waals surface area contributed by atoms with Crippen LogP contribution >= 0.6 is 0 Å². The number of aromatic nitrogens is 1. The number of carbonyl (C=O) groups excluding carboxylic acids is 1. The molecule has 0 unspecified atom stereocenters. The van der Waals surface area contributed by atoms with E-state index in [0.717, 1.165) is 35.0 Å². The van der Waals surface area contributed by atoms with Gasteiger partial charge < -0.3 is 20.9 Å². The monoisotopic (exact) mass is 417 g/mol. The number of benzene rings is 2. The lowest BCUT2D eigenvalue weighted by Gasteiger charge is -2.11. The maximum atomic E-state index is 13.7. The quantitative estimate of drug-likeness (QED) is 0.270. The lowest BCUT2D eigenvalue weighted by atomic mass is 10.1. The van der Waals surface area contributed by atoms with Gasteiger partial charge in [0.15, 0.2) is 23.4 Å². The lowest BCUT2D eigenvalue weighted by Crippen LogP contribution is -2.39. The third kappa shape index (κ3) is 5.11. The van der Waals surface area contributed by atoms with Crippen molar-refractivity contribution in [2.75, 3.05) is 25.0 Å². The van der Waals surface area contributed by atoms with E-state index in [1.807, 2.05) is 37.4 Å². The number of para-hydroxylation sites is 1. The summed E-state index contributed by atoms with van der Waals surface area (Å²) < 4.78 is 39.9. The highest BCUT2D eigenvalue weighted by molar-refractivity contribution is 5.94. The number of aliphatic imine (C=N–C) groups is 1. The van der Waals surface area contributed by atoms with Crippen molar-refractivity contribution in [2.45, 2.75) is 13.3 Å². The molecule has 0 spiro atoms. The molecule has 3 aromatic rings. The second kappa shape index (κ2) is 9.82. The summed E-state index contributed by atoms with van der Waals surface area (Å²) in [6.07, 6.45) is 2.70. The van der Waals surface area contributed by atoms with Crippen molar-refractivity contribution in [1.29, 1.82) is 0 Å². The van der Waals surface area contributed by atoms with E-state index in [1.54, 1.807) is 0 Å². The summed E-state index contributed by atoms with van der Waals surface area (Å²) in [4.78, 5) is 19.4. The molecule has 0 atom stereocenters. The van der Waals surface area contributed by atoms with Crippen LogP contribution in [0.4, 0.5) is 18.9 Å². The molecule has 9 heteroatoms. The molecule has 4 N–H and O–H groups in total. The predicted octanol–water partition coefficient (Wildman–Crippen LogP) is 3.32. The molecule has 0 saturated carbocycles. The molecule has 0 saturated heterocycles. The van der Waals surface area contributed by atoms with Crippen LogP contribution in [0.3, 0.4) is 0 Å². The van der Waals surface area contributed by atoms with E-state index < -0.39 is 29.0 Å². The van der Waals surface area contributed by atoms with Gasteiger partial charge in [0.05, 0.1) is 5.69 Å². The maximum Gasteiger partial charge on any atom is 0.246 e. The molecular weight excluding hydrogens is 395 g/mol. The number of nitrogens with zero attached hydrogens (tertiary/aromatic N) is 1. The molecule has 1 heterocycles. The Morgan fingerprint density at radius 1 is 1.07 bits per heavy atom. The van der Waals surface area contributed by atoms with Crippen LogP contribution in [0.15, 0.2) is 47.6 Å². The Kier molecular flexibility index (Phi) is 6.95. The van der Waals surface area contributed by atoms with Crippen molar-refractivity contribution in [2.24, 2.45) is 4.99 Å². The molecule has 0 bridgehead atoms. The summed E-state index contributed by atoms with van der Waals surface area (Å²) in [6, 6.07) is 9.70. The van der Waals surface area contributed by atoms with Gasteiger partial charge in [0.1, 0.15) is 6.54 Å². The van der Waals surface area contributed by atoms with Crippen molar-refractivity contribution in [3.05, 3.63) is 65.6 Å². The number of nitrogens with one attached hydrogen (secondary N) is 4. The summed E-state index contributed by atoms with van der Waals surface area (Å²) in [5.41, 5.74) is 1.78. The molecule has 0 aliphatic heterocycles. The SMILES string of the molecule is CCNC(=NCC(=O)Nc1ccc(F)c(F)c1F)NCCc1c[nH]c2ccccc12. The third-order valence-electron chi connectivity index (χ3n) is 4.40. The minimum atomic E-state index is -1.64.